The molecular formula is C19H23NO4. The maximum absolute atomic E-state index is 5.96. The van der Waals surface area contributed by atoms with E-state index in [1.165, 1.54) is 0 Å². The lowest BCUT2D eigenvalue weighted by molar-refractivity contribution is 0.324. The van der Waals surface area contributed by atoms with Crippen molar-refractivity contribution in [2.24, 2.45) is 0 Å². The van der Waals surface area contributed by atoms with Gasteiger partial charge in [-0.3, -0.25) is 0 Å². The Bertz CT molecular complexity index is 728. The molecule has 0 bridgehead atoms. The average Bonchev–Trinajstić information content (AvgIpc) is 2.60. The normalized spacial score (nSPS) is 11.1. The van der Waals surface area contributed by atoms with Gasteiger partial charge in [0, 0.05) is 0 Å². The van der Waals surface area contributed by atoms with E-state index in [1.54, 1.807) is 28.4 Å². The molecule has 0 amide bonds. The van der Waals surface area contributed by atoms with E-state index in [0.717, 1.165) is 16.7 Å². The van der Waals surface area contributed by atoms with E-state index in [9.17, 15) is 0 Å². The van der Waals surface area contributed by atoms with E-state index >= 15 is 0 Å². The van der Waals surface area contributed by atoms with E-state index in [2.05, 4.69) is 0 Å². The van der Waals surface area contributed by atoms with Gasteiger partial charge in [-0.2, -0.15) is 0 Å². The summed E-state index contributed by atoms with van der Waals surface area (Å²) < 4.78 is 21.3. The number of ether oxygens (including phenoxy) is 4. The highest BCUT2D eigenvalue weighted by atomic mass is 16.5. The van der Waals surface area contributed by atoms with Crippen LogP contribution >= 0.6 is 0 Å². The van der Waals surface area contributed by atoms with Crippen LogP contribution in [-0.4, -0.2) is 28.4 Å². The second-order valence-corrected chi connectivity index (χ2v) is 5.24. The SMILES string of the molecule is COc1ccc(/C=C(\C)c2cc(OC)c(OC)c(OC)c2)cc1N. The number of nitrogens with two attached hydrogens (primary N) is 1. The number of benzene rings is 2. The number of methoxy groups -OCH3 is 4. The molecule has 0 aliphatic carbocycles. The summed E-state index contributed by atoms with van der Waals surface area (Å²) in [4.78, 5) is 0. The van der Waals surface area contributed by atoms with Crippen LogP contribution in [0.4, 0.5) is 5.69 Å². The third kappa shape index (κ3) is 3.56. The summed E-state index contributed by atoms with van der Waals surface area (Å²) in [6.45, 7) is 2.01. The minimum atomic E-state index is 0.574. The predicted octanol–water partition coefficient (Wildman–Crippen LogP) is 3.86. The first-order chi connectivity index (χ1) is 11.5. The van der Waals surface area contributed by atoms with Gasteiger partial charge in [0.2, 0.25) is 5.75 Å². The number of anilines is 1. The monoisotopic (exact) mass is 329 g/mol. The van der Waals surface area contributed by atoms with E-state index in [-0.39, 0.29) is 0 Å². The van der Waals surface area contributed by atoms with E-state index in [0.29, 0.717) is 28.7 Å². The number of allylic oxidation sites excluding steroid dienone is 1. The van der Waals surface area contributed by atoms with Crippen LogP contribution in [0, 0.1) is 0 Å². The Hall–Kier alpha value is -2.82. The zero-order valence-electron chi connectivity index (χ0n) is 14.7. The first-order valence-corrected chi connectivity index (χ1v) is 7.46. The summed E-state index contributed by atoms with van der Waals surface area (Å²) in [5, 5.41) is 0. The van der Waals surface area contributed by atoms with Crippen LogP contribution in [0.15, 0.2) is 30.3 Å². The van der Waals surface area contributed by atoms with Crippen molar-refractivity contribution in [2.45, 2.75) is 6.92 Å². The molecule has 0 spiro atoms. The summed E-state index contributed by atoms with van der Waals surface area (Å²) in [6, 6.07) is 9.51. The predicted molar refractivity (Wildman–Crippen MR) is 97.0 cm³/mol. The first-order valence-electron chi connectivity index (χ1n) is 7.46. The molecular weight excluding hydrogens is 306 g/mol. The first kappa shape index (κ1) is 17.5. The van der Waals surface area contributed by atoms with Crippen LogP contribution in [0.3, 0.4) is 0 Å². The molecule has 24 heavy (non-hydrogen) atoms. The smallest absolute Gasteiger partial charge is 0.203 e. The second-order valence-electron chi connectivity index (χ2n) is 5.24. The molecule has 0 heterocycles. The highest BCUT2D eigenvalue weighted by molar-refractivity contribution is 5.83. The molecule has 0 aliphatic rings. The van der Waals surface area contributed by atoms with Crippen molar-refractivity contribution in [3.05, 3.63) is 41.5 Å². The van der Waals surface area contributed by atoms with Crippen LogP contribution in [0.5, 0.6) is 23.0 Å². The molecule has 0 saturated heterocycles. The maximum Gasteiger partial charge on any atom is 0.203 e. The van der Waals surface area contributed by atoms with Crippen LogP contribution in [-0.2, 0) is 0 Å². The van der Waals surface area contributed by atoms with Crippen molar-refractivity contribution in [3.63, 3.8) is 0 Å². The fourth-order valence-electron chi connectivity index (χ4n) is 2.48. The van der Waals surface area contributed by atoms with Crippen LogP contribution in [0.25, 0.3) is 11.6 Å². The van der Waals surface area contributed by atoms with Gasteiger partial charge in [0.05, 0.1) is 34.1 Å². The van der Waals surface area contributed by atoms with Gasteiger partial charge in [-0.15, -0.1) is 0 Å². The summed E-state index contributed by atoms with van der Waals surface area (Å²) in [5.74, 6) is 2.48. The summed E-state index contributed by atoms with van der Waals surface area (Å²) in [6.07, 6.45) is 2.04. The largest absolute Gasteiger partial charge is 0.495 e. The number of nitrogen functional groups attached to an aromatic ring is 1. The number of rotatable bonds is 6. The molecule has 2 aromatic carbocycles. The Morgan fingerprint density at radius 1 is 0.833 bits per heavy atom. The summed E-state index contributed by atoms with van der Waals surface area (Å²) in [5.41, 5.74) is 9.56. The third-order valence-electron chi connectivity index (χ3n) is 3.76. The lowest BCUT2D eigenvalue weighted by Crippen LogP contribution is -1.96. The molecule has 5 heteroatoms. The van der Waals surface area contributed by atoms with Crippen molar-refractivity contribution in [1.82, 2.24) is 0 Å². The lowest BCUT2D eigenvalue weighted by atomic mass is 10.0. The van der Waals surface area contributed by atoms with Crippen LogP contribution < -0.4 is 24.7 Å². The zero-order valence-corrected chi connectivity index (χ0v) is 14.7. The van der Waals surface area contributed by atoms with Gasteiger partial charge in [-0.05, 0) is 47.9 Å². The van der Waals surface area contributed by atoms with E-state index in [1.807, 2.05) is 43.3 Å². The minimum absolute atomic E-state index is 0.574. The van der Waals surface area contributed by atoms with E-state index in [4.69, 9.17) is 24.7 Å². The highest BCUT2D eigenvalue weighted by Gasteiger charge is 2.13. The van der Waals surface area contributed by atoms with Gasteiger partial charge >= 0.3 is 0 Å². The molecule has 2 N–H and O–H groups in total. The quantitative estimate of drug-likeness (QED) is 0.644. The van der Waals surface area contributed by atoms with E-state index < -0.39 is 0 Å². The highest BCUT2D eigenvalue weighted by Crippen LogP contribution is 2.40. The van der Waals surface area contributed by atoms with Crippen molar-refractivity contribution in [3.8, 4) is 23.0 Å². The molecule has 0 saturated carbocycles. The molecule has 128 valence electrons. The van der Waals surface area contributed by atoms with Crippen molar-refractivity contribution in [1.29, 1.82) is 0 Å². The molecule has 0 atom stereocenters. The van der Waals surface area contributed by atoms with Gasteiger partial charge in [0.1, 0.15) is 5.75 Å². The topological polar surface area (TPSA) is 62.9 Å². The second kappa shape index (κ2) is 7.64. The van der Waals surface area contributed by atoms with Gasteiger partial charge < -0.3 is 24.7 Å². The lowest BCUT2D eigenvalue weighted by Gasteiger charge is -2.14. The van der Waals surface area contributed by atoms with Gasteiger partial charge in [-0.1, -0.05) is 12.1 Å². The average molecular weight is 329 g/mol. The fraction of sp³-hybridized carbons (Fsp3) is 0.263. The Morgan fingerprint density at radius 2 is 1.42 bits per heavy atom. The van der Waals surface area contributed by atoms with Crippen LogP contribution in [0.2, 0.25) is 0 Å². The molecule has 0 unspecified atom stereocenters. The van der Waals surface area contributed by atoms with Gasteiger partial charge in [-0.25, -0.2) is 0 Å². The molecule has 5 nitrogen and oxygen atoms in total. The van der Waals surface area contributed by atoms with Crippen LogP contribution in [0.1, 0.15) is 18.1 Å². The fourth-order valence-corrected chi connectivity index (χ4v) is 2.48. The number of hydrogen-bond donors (Lipinski definition) is 1. The third-order valence-corrected chi connectivity index (χ3v) is 3.76. The van der Waals surface area contributed by atoms with Gasteiger partial charge in [0.25, 0.3) is 0 Å². The molecule has 0 radical (unpaired) electrons. The Labute approximate surface area is 142 Å². The summed E-state index contributed by atoms with van der Waals surface area (Å²) >= 11 is 0. The summed E-state index contributed by atoms with van der Waals surface area (Å²) in [7, 11) is 6.39. The Morgan fingerprint density at radius 3 is 1.88 bits per heavy atom. The molecule has 0 fully saturated rings. The maximum atomic E-state index is 5.96. The standard InChI is InChI=1S/C19H23NO4/c1-12(8-13-6-7-16(21-2)15(20)9-13)14-10-17(22-3)19(24-5)18(11-14)23-4/h6-11H,20H2,1-5H3/b12-8+. The molecule has 2 aromatic rings. The number of hydrogen-bond acceptors (Lipinski definition) is 5. The molecule has 0 aromatic heterocycles. The van der Waals surface area contributed by atoms with Crippen molar-refractivity contribution >= 4 is 17.3 Å². The Balaban J connectivity index is 2.45. The van der Waals surface area contributed by atoms with Crippen molar-refractivity contribution in [2.75, 3.05) is 34.2 Å². The van der Waals surface area contributed by atoms with Gasteiger partial charge in [0.15, 0.2) is 11.5 Å². The zero-order chi connectivity index (χ0) is 17.7. The molecule has 0 aliphatic heterocycles. The minimum Gasteiger partial charge on any atom is -0.495 e. The molecule has 2 rings (SSSR count). The van der Waals surface area contributed by atoms with Crippen molar-refractivity contribution < 1.29 is 18.9 Å². The Kier molecular flexibility index (Phi) is 5.58.